The molecule has 0 aliphatic rings. The molecule has 2 aromatic rings. The molecule has 0 saturated carbocycles. The average Bonchev–Trinajstić information content (AvgIpc) is 2.97. The van der Waals surface area contributed by atoms with Crippen molar-refractivity contribution in [1.29, 1.82) is 0 Å². The summed E-state index contributed by atoms with van der Waals surface area (Å²) in [6.07, 6.45) is 3.12. The lowest BCUT2D eigenvalue weighted by Crippen LogP contribution is -2.28. The molecule has 0 saturated heterocycles. The van der Waals surface area contributed by atoms with Gasteiger partial charge >= 0.3 is 0 Å². The summed E-state index contributed by atoms with van der Waals surface area (Å²) in [7, 11) is 0. The van der Waals surface area contributed by atoms with Gasteiger partial charge in [0.25, 0.3) is 0 Å². The number of hydrogen-bond donors (Lipinski definition) is 0. The molecule has 0 aliphatic heterocycles. The van der Waals surface area contributed by atoms with Crippen LogP contribution in [-0.4, -0.2) is 28.1 Å². The van der Waals surface area contributed by atoms with Crippen molar-refractivity contribution in [3.63, 3.8) is 0 Å². The third kappa shape index (κ3) is 4.39. The van der Waals surface area contributed by atoms with Crippen molar-refractivity contribution < 1.29 is 4.52 Å². The van der Waals surface area contributed by atoms with Crippen LogP contribution >= 0.6 is 0 Å². The molecule has 21 heavy (non-hydrogen) atoms. The Labute approximate surface area is 127 Å². The van der Waals surface area contributed by atoms with E-state index in [1.165, 1.54) is 18.4 Å². The lowest BCUT2D eigenvalue weighted by molar-refractivity contribution is 0.179. The van der Waals surface area contributed by atoms with E-state index < -0.39 is 0 Å². The van der Waals surface area contributed by atoms with Crippen molar-refractivity contribution in [2.45, 2.75) is 46.1 Å². The monoisotopic (exact) mass is 287 g/mol. The Morgan fingerprint density at radius 2 is 1.95 bits per heavy atom. The molecular formula is C17H25N3O. The molecule has 0 radical (unpaired) electrons. The van der Waals surface area contributed by atoms with E-state index in [1.54, 1.807) is 0 Å². The van der Waals surface area contributed by atoms with E-state index in [-0.39, 0.29) is 6.04 Å². The third-order valence-electron chi connectivity index (χ3n) is 3.80. The van der Waals surface area contributed by atoms with Gasteiger partial charge in [-0.15, -0.1) is 0 Å². The summed E-state index contributed by atoms with van der Waals surface area (Å²) in [5.41, 5.74) is 1.20. The van der Waals surface area contributed by atoms with Crippen LogP contribution < -0.4 is 0 Å². The topological polar surface area (TPSA) is 42.2 Å². The normalized spacial score (nSPS) is 12.8. The zero-order valence-electron chi connectivity index (χ0n) is 13.2. The second-order valence-electron chi connectivity index (χ2n) is 5.37. The van der Waals surface area contributed by atoms with Crippen LogP contribution in [0.1, 0.15) is 56.9 Å². The fraction of sp³-hybridized carbons (Fsp3) is 0.529. The van der Waals surface area contributed by atoms with Gasteiger partial charge in [-0.1, -0.05) is 55.8 Å². The molecule has 0 fully saturated rings. The second kappa shape index (κ2) is 7.93. The van der Waals surface area contributed by atoms with Crippen LogP contribution in [0.25, 0.3) is 0 Å². The Kier molecular flexibility index (Phi) is 5.93. The maximum Gasteiger partial charge on any atom is 0.243 e. The van der Waals surface area contributed by atoms with Crippen molar-refractivity contribution in [3.8, 4) is 0 Å². The number of hydrogen-bond acceptors (Lipinski definition) is 4. The SMILES string of the molecule is CCCCN(CC)C(C)c1nc(Cc2ccccc2)no1. The molecule has 0 spiro atoms. The fourth-order valence-corrected chi connectivity index (χ4v) is 2.43. The van der Waals surface area contributed by atoms with Crippen LogP contribution in [0, 0.1) is 0 Å². The van der Waals surface area contributed by atoms with Crippen LogP contribution in [0.3, 0.4) is 0 Å². The van der Waals surface area contributed by atoms with E-state index >= 15 is 0 Å². The number of aromatic nitrogens is 2. The highest BCUT2D eigenvalue weighted by Crippen LogP contribution is 2.19. The molecule has 1 heterocycles. The summed E-state index contributed by atoms with van der Waals surface area (Å²) < 4.78 is 5.46. The molecule has 114 valence electrons. The summed E-state index contributed by atoms with van der Waals surface area (Å²) in [5.74, 6) is 1.48. The van der Waals surface area contributed by atoms with Gasteiger partial charge in [-0.25, -0.2) is 0 Å². The van der Waals surface area contributed by atoms with Gasteiger partial charge in [0.1, 0.15) is 0 Å². The quantitative estimate of drug-likeness (QED) is 0.739. The molecule has 0 aliphatic carbocycles. The van der Waals surface area contributed by atoms with Crippen LogP contribution in [0.2, 0.25) is 0 Å². The third-order valence-corrected chi connectivity index (χ3v) is 3.80. The van der Waals surface area contributed by atoms with E-state index in [0.29, 0.717) is 0 Å². The first-order valence-electron chi connectivity index (χ1n) is 7.85. The van der Waals surface area contributed by atoms with Crippen LogP contribution in [0.5, 0.6) is 0 Å². The average molecular weight is 287 g/mol. The predicted octanol–water partition coefficient (Wildman–Crippen LogP) is 3.84. The fourth-order valence-electron chi connectivity index (χ4n) is 2.43. The first kappa shape index (κ1) is 15.7. The summed E-state index contributed by atoms with van der Waals surface area (Å²) >= 11 is 0. The zero-order chi connectivity index (χ0) is 15.1. The van der Waals surface area contributed by atoms with E-state index in [0.717, 1.165) is 31.2 Å². The molecule has 1 aromatic carbocycles. The van der Waals surface area contributed by atoms with E-state index in [4.69, 9.17) is 4.52 Å². The molecule has 0 amide bonds. The van der Waals surface area contributed by atoms with Gasteiger partial charge in [0.05, 0.1) is 6.04 Å². The number of benzene rings is 1. The molecule has 4 nitrogen and oxygen atoms in total. The second-order valence-corrected chi connectivity index (χ2v) is 5.37. The highest BCUT2D eigenvalue weighted by molar-refractivity contribution is 5.18. The Balaban J connectivity index is 2.01. The maximum absolute atomic E-state index is 5.46. The highest BCUT2D eigenvalue weighted by Gasteiger charge is 2.20. The van der Waals surface area contributed by atoms with Gasteiger partial charge in [0.15, 0.2) is 5.82 Å². The van der Waals surface area contributed by atoms with Crippen molar-refractivity contribution in [1.82, 2.24) is 15.0 Å². The van der Waals surface area contributed by atoms with Crippen molar-refractivity contribution in [2.75, 3.05) is 13.1 Å². The number of unbranched alkanes of at least 4 members (excludes halogenated alkanes) is 1. The van der Waals surface area contributed by atoms with Crippen molar-refractivity contribution in [2.24, 2.45) is 0 Å². The van der Waals surface area contributed by atoms with E-state index in [1.807, 2.05) is 18.2 Å². The molecule has 1 atom stereocenters. The standard InChI is InChI=1S/C17H25N3O/c1-4-6-12-20(5-2)14(3)17-18-16(19-21-17)13-15-10-8-7-9-11-15/h7-11,14H,4-6,12-13H2,1-3H3. The summed E-state index contributed by atoms with van der Waals surface area (Å²) in [6, 6.07) is 10.4. The minimum Gasteiger partial charge on any atom is -0.338 e. The Hall–Kier alpha value is -1.68. The van der Waals surface area contributed by atoms with Gasteiger partial charge in [-0.2, -0.15) is 4.98 Å². The van der Waals surface area contributed by atoms with Crippen molar-refractivity contribution >= 4 is 0 Å². The van der Waals surface area contributed by atoms with Gasteiger partial charge in [0.2, 0.25) is 5.89 Å². The van der Waals surface area contributed by atoms with Crippen LogP contribution in [0.15, 0.2) is 34.9 Å². The molecule has 4 heteroatoms. The molecule has 1 unspecified atom stereocenters. The highest BCUT2D eigenvalue weighted by atomic mass is 16.5. The lowest BCUT2D eigenvalue weighted by Gasteiger charge is -2.24. The Bertz CT molecular complexity index is 524. The summed E-state index contributed by atoms with van der Waals surface area (Å²) in [6.45, 7) is 8.59. The van der Waals surface area contributed by atoms with Gasteiger partial charge in [-0.3, -0.25) is 4.90 Å². The lowest BCUT2D eigenvalue weighted by atomic mass is 10.1. The maximum atomic E-state index is 5.46. The van der Waals surface area contributed by atoms with Gasteiger partial charge in [0, 0.05) is 6.42 Å². The van der Waals surface area contributed by atoms with Gasteiger partial charge in [-0.05, 0) is 32.0 Å². The smallest absolute Gasteiger partial charge is 0.243 e. The van der Waals surface area contributed by atoms with Gasteiger partial charge < -0.3 is 4.52 Å². The minimum absolute atomic E-state index is 0.179. The van der Waals surface area contributed by atoms with E-state index in [2.05, 4.69) is 47.9 Å². The first-order valence-corrected chi connectivity index (χ1v) is 7.85. The summed E-state index contributed by atoms with van der Waals surface area (Å²) in [4.78, 5) is 6.94. The molecule has 0 N–H and O–H groups in total. The number of rotatable bonds is 8. The summed E-state index contributed by atoms with van der Waals surface area (Å²) in [5, 5.41) is 4.12. The molecular weight excluding hydrogens is 262 g/mol. The molecule has 1 aromatic heterocycles. The van der Waals surface area contributed by atoms with E-state index in [9.17, 15) is 0 Å². The number of nitrogens with zero attached hydrogens (tertiary/aromatic N) is 3. The Morgan fingerprint density at radius 3 is 2.62 bits per heavy atom. The largest absolute Gasteiger partial charge is 0.338 e. The van der Waals surface area contributed by atoms with Crippen molar-refractivity contribution in [3.05, 3.63) is 47.6 Å². The minimum atomic E-state index is 0.179. The predicted molar refractivity (Wildman–Crippen MR) is 84.1 cm³/mol. The van der Waals surface area contributed by atoms with Crippen LogP contribution in [0.4, 0.5) is 0 Å². The molecule has 2 rings (SSSR count). The Morgan fingerprint density at radius 1 is 1.19 bits per heavy atom. The molecule has 0 bridgehead atoms. The van der Waals surface area contributed by atoms with Crippen LogP contribution in [-0.2, 0) is 6.42 Å². The first-order chi connectivity index (χ1) is 10.2. The zero-order valence-corrected chi connectivity index (χ0v) is 13.2.